The molecule has 3 rings (SSSR count). The molecule has 3 N–H and O–H groups in total. The van der Waals surface area contributed by atoms with E-state index in [1.54, 1.807) is 0 Å². The molecule has 0 aromatic heterocycles. The Bertz CT molecular complexity index is 796. The van der Waals surface area contributed by atoms with Gasteiger partial charge in [-0.15, -0.1) is 5.06 Å². The number of thioether (sulfide) groups is 1. The zero-order valence-electron chi connectivity index (χ0n) is 19.6. The van der Waals surface area contributed by atoms with Crippen molar-refractivity contribution in [2.24, 2.45) is 0 Å². The Kier molecular flexibility index (Phi) is 15.2. The van der Waals surface area contributed by atoms with Crippen molar-refractivity contribution in [2.75, 3.05) is 12.3 Å². The topological polar surface area (TPSA) is 168 Å². The minimum atomic E-state index is -0.750. The SMILES string of the molecule is O=C(CCCCC1SC[C@@H]2NC(=O)N[C@H]12)NCCCCCC(=O)ON1C(=O)[CH-]CC1=O.O=S=O.[Na+]. The number of hydrogen-bond acceptors (Lipinski definition) is 9. The Morgan fingerprint density at radius 1 is 1.09 bits per heavy atom. The number of carbonyl (C=O) groups excluding carboxylic acids is 5. The predicted molar refractivity (Wildman–Crippen MR) is 121 cm³/mol. The average molecular weight is 541 g/mol. The first-order valence-electron chi connectivity index (χ1n) is 11.1. The van der Waals surface area contributed by atoms with Crippen LogP contribution in [-0.4, -0.2) is 72.8 Å². The molecule has 35 heavy (non-hydrogen) atoms. The fraction of sp³-hybridized carbons (Fsp3) is 0.700. The van der Waals surface area contributed by atoms with E-state index in [1.165, 1.54) is 6.42 Å². The molecule has 3 aliphatic rings. The third-order valence-corrected chi connectivity index (χ3v) is 7.04. The molecule has 1 unspecified atom stereocenters. The number of carbonyl (C=O) groups is 5. The Hall–Kier alpha value is -1.61. The molecular weight excluding hydrogens is 511 g/mol. The number of imide groups is 1. The maximum Gasteiger partial charge on any atom is 1.00 e. The standard InChI is InChI=1S/C20H29N4O6S.Na.O2S/c25-15(7-4-3-6-14-19-13(12-31-14)22-20(29)23-19)21-11-5-1-2-8-18(28)30-24-16(26)9-10-17(24)27;;1-3-2/h9,13-14,19H,1-8,10-12H2,(H,21,25)(H2,22,23,29);;/q-1;+1;/t13-,14?,19-;;/m0../s1. The van der Waals surface area contributed by atoms with Gasteiger partial charge < -0.3 is 25.6 Å². The van der Waals surface area contributed by atoms with E-state index in [-0.39, 0.29) is 66.4 Å². The average Bonchev–Trinajstić information content (AvgIpc) is 3.44. The zero-order chi connectivity index (χ0) is 24.9. The molecule has 0 aliphatic carbocycles. The van der Waals surface area contributed by atoms with Crippen molar-refractivity contribution in [3.63, 3.8) is 0 Å². The molecule has 0 aromatic carbocycles. The summed E-state index contributed by atoms with van der Waals surface area (Å²) in [6.07, 6.45) is 6.51. The van der Waals surface area contributed by atoms with Crippen molar-refractivity contribution < 1.29 is 66.8 Å². The molecule has 0 bridgehead atoms. The fourth-order valence-corrected chi connectivity index (χ4v) is 5.41. The minimum Gasteiger partial charge on any atom is -0.356 e. The van der Waals surface area contributed by atoms with Gasteiger partial charge in [0.2, 0.25) is 11.8 Å². The first-order chi connectivity index (χ1) is 16.3. The van der Waals surface area contributed by atoms with Gasteiger partial charge in [-0.1, -0.05) is 19.3 Å². The third-order valence-electron chi connectivity index (χ3n) is 5.53. The predicted octanol–water partition coefficient (Wildman–Crippen LogP) is -2.86. The quantitative estimate of drug-likeness (QED) is 0.0775. The van der Waals surface area contributed by atoms with Gasteiger partial charge in [0.15, 0.2) is 0 Å². The van der Waals surface area contributed by atoms with E-state index >= 15 is 0 Å². The van der Waals surface area contributed by atoms with E-state index < -0.39 is 29.4 Å². The van der Waals surface area contributed by atoms with Gasteiger partial charge in [-0.25, -0.2) is 9.59 Å². The number of rotatable bonds is 12. The largest absolute Gasteiger partial charge is 1.00 e. The molecule has 5 amide bonds. The van der Waals surface area contributed by atoms with Gasteiger partial charge in [0.05, 0.1) is 12.1 Å². The molecule has 0 aromatic rings. The Morgan fingerprint density at radius 2 is 1.80 bits per heavy atom. The maximum atomic E-state index is 11.9. The molecular formula is C20H29N4NaO8S2. The normalized spacial score (nSPS) is 22.0. The summed E-state index contributed by atoms with van der Waals surface area (Å²) in [6.45, 7) is 0.547. The van der Waals surface area contributed by atoms with Crippen LogP contribution >= 0.6 is 11.8 Å². The molecule has 0 saturated carbocycles. The molecule has 190 valence electrons. The summed E-state index contributed by atoms with van der Waals surface area (Å²) in [7, 11) is 0. The molecule has 0 spiro atoms. The monoisotopic (exact) mass is 540 g/mol. The molecule has 3 saturated heterocycles. The molecule has 3 atom stereocenters. The molecule has 3 fully saturated rings. The van der Waals surface area contributed by atoms with E-state index in [9.17, 15) is 24.0 Å². The number of nitrogens with one attached hydrogen (secondary N) is 3. The van der Waals surface area contributed by atoms with E-state index in [0.29, 0.717) is 29.7 Å². The van der Waals surface area contributed by atoms with Gasteiger partial charge >= 0.3 is 53.1 Å². The van der Waals surface area contributed by atoms with Gasteiger partial charge in [-0.3, -0.25) is 16.0 Å². The number of hydrogen-bond donors (Lipinski definition) is 3. The smallest absolute Gasteiger partial charge is 0.356 e. The van der Waals surface area contributed by atoms with Gasteiger partial charge in [0.25, 0.3) is 0 Å². The summed E-state index contributed by atoms with van der Waals surface area (Å²) >= 11 is 1.13. The second-order valence-electron chi connectivity index (χ2n) is 7.99. The van der Waals surface area contributed by atoms with Crippen LogP contribution in [0.5, 0.6) is 0 Å². The van der Waals surface area contributed by atoms with Crippen molar-refractivity contribution in [3.05, 3.63) is 6.42 Å². The summed E-state index contributed by atoms with van der Waals surface area (Å²) in [5.74, 6) is -0.779. The first kappa shape index (κ1) is 31.4. The van der Waals surface area contributed by atoms with Crippen molar-refractivity contribution in [2.45, 2.75) is 75.1 Å². The van der Waals surface area contributed by atoms with Gasteiger partial charge in [0, 0.05) is 30.4 Å². The number of urea groups is 1. The van der Waals surface area contributed by atoms with Crippen LogP contribution in [0.4, 0.5) is 4.79 Å². The number of unbranched alkanes of at least 4 members (excludes halogenated alkanes) is 3. The van der Waals surface area contributed by atoms with Gasteiger partial charge in [0.1, 0.15) is 5.91 Å². The van der Waals surface area contributed by atoms with Crippen LogP contribution in [0.1, 0.15) is 57.8 Å². The molecule has 3 aliphatic heterocycles. The minimum absolute atomic E-state index is 0. The summed E-state index contributed by atoms with van der Waals surface area (Å²) in [5, 5.41) is 9.71. The number of fused-ring (bicyclic) bond motifs is 1. The van der Waals surface area contributed by atoms with E-state index in [2.05, 4.69) is 16.0 Å². The number of amides is 5. The third kappa shape index (κ3) is 10.9. The molecule has 0 radical (unpaired) electrons. The first-order valence-corrected chi connectivity index (χ1v) is 12.8. The summed E-state index contributed by atoms with van der Waals surface area (Å²) in [6, 6.07) is 0.363. The van der Waals surface area contributed by atoms with Crippen molar-refractivity contribution in [1.82, 2.24) is 21.0 Å². The van der Waals surface area contributed by atoms with Crippen LogP contribution in [0.3, 0.4) is 0 Å². The second-order valence-corrected chi connectivity index (χ2v) is 9.40. The van der Waals surface area contributed by atoms with E-state index in [0.717, 1.165) is 37.9 Å². The van der Waals surface area contributed by atoms with Crippen LogP contribution < -0.4 is 45.5 Å². The number of hydroxylamine groups is 2. The Labute approximate surface area is 233 Å². The van der Waals surface area contributed by atoms with Crippen molar-refractivity contribution in [3.8, 4) is 0 Å². The maximum absolute atomic E-state index is 11.9. The number of nitrogens with zero attached hydrogens (tertiary/aromatic N) is 1. The van der Waals surface area contributed by atoms with Crippen LogP contribution in [0.2, 0.25) is 0 Å². The van der Waals surface area contributed by atoms with Crippen molar-refractivity contribution in [1.29, 1.82) is 0 Å². The van der Waals surface area contributed by atoms with Gasteiger partial charge in [-0.05, 0) is 25.7 Å². The molecule has 3 heterocycles. The zero-order valence-corrected chi connectivity index (χ0v) is 23.3. The second kappa shape index (κ2) is 17.0. The fourth-order valence-electron chi connectivity index (χ4n) is 3.87. The van der Waals surface area contributed by atoms with E-state index in [1.807, 2.05) is 11.8 Å². The molecule has 15 heteroatoms. The van der Waals surface area contributed by atoms with Crippen LogP contribution in [0, 0.1) is 6.42 Å². The van der Waals surface area contributed by atoms with Gasteiger partial charge in [-0.2, -0.15) is 20.2 Å². The summed E-state index contributed by atoms with van der Waals surface area (Å²) in [5.41, 5.74) is 0. The summed E-state index contributed by atoms with van der Waals surface area (Å²) < 4.78 is 16.6. The van der Waals surface area contributed by atoms with Crippen molar-refractivity contribution >= 4 is 53.1 Å². The molecule has 12 nitrogen and oxygen atoms in total. The van der Waals surface area contributed by atoms with E-state index in [4.69, 9.17) is 13.3 Å². The Morgan fingerprint density at radius 3 is 2.49 bits per heavy atom. The Balaban J connectivity index is 0.00000145. The van der Waals surface area contributed by atoms with Crippen LogP contribution in [-0.2, 0) is 35.6 Å². The van der Waals surface area contributed by atoms with Crippen LogP contribution in [0.25, 0.3) is 0 Å². The van der Waals surface area contributed by atoms with Crippen LogP contribution in [0.15, 0.2) is 0 Å². The summed E-state index contributed by atoms with van der Waals surface area (Å²) in [4.78, 5) is 62.4.